The third kappa shape index (κ3) is 3.16. The molecule has 2 saturated carbocycles. The lowest BCUT2D eigenvalue weighted by molar-refractivity contribution is -0.386. The Kier molecular flexibility index (Phi) is 4.60. The molecule has 1 heterocycles. The van der Waals surface area contributed by atoms with Gasteiger partial charge in [-0.1, -0.05) is 6.42 Å². The number of amides is 1. The Morgan fingerprint density at radius 3 is 2.71 bits per heavy atom. The molecule has 2 aliphatic carbocycles. The summed E-state index contributed by atoms with van der Waals surface area (Å²) < 4.78 is 1.56. The van der Waals surface area contributed by atoms with E-state index in [1.54, 1.807) is 18.5 Å². The Bertz CT molecular complexity index is 655. The number of carbonyl (C=O) groups is 1. The second kappa shape index (κ2) is 6.53. The van der Waals surface area contributed by atoms with Gasteiger partial charge >= 0.3 is 5.69 Å². The quantitative estimate of drug-likeness (QED) is 0.640. The van der Waals surface area contributed by atoms with E-state index in [2.05, 4.69) is 17.3 Å². The third-order valence-corrected chi connectivity index (χ3v) is 5.90. The highest BCUT2D eigenvalue weighted by Crippen LogP contribution is 2.49. The fraction of sp³-hybridized carbons (Fsp3) is 0.765. The van der Waals surface area contributed by atoms with Crippen molar-refractivity contribution in [2.75, 3.05) is 0 Å². The van der Waals surface area contributed by atoms with E-state index < -0.39 is 4.92 Å². The van der Waals surface area contributed by atoms with Crippen LogP contribution in [0.4, 0.5) is 5.69 Å². The first-order valence-electron chi connectivity index (χ1n) is 8.84. The van der Waals surface area contributed by atoms with Crippen molar-refractivity contribution in [3.8, 4) is 0 Å². The summed E-state index contributed by atoms with van der Waals surface area (Å²) >= 11 is 0. The van der Waals surface area contributed by atoms with Gasteiger partial charge in [0.1, 0.15) is 11.4 Å². The SMILES string of the molecule is Cc1nn(CCC(=O)N[C@H](C)[C@H]2C[C@@H]3CC[C@@H]2C3)c(C)c1[N+](=O)[O-]. The number of rotatable bonds is 6. The number of nitrogens with one attached hydrogen (secondary N) is 1. The van der Waals surface area contributed by atoms with E-state index in [0.29, 0.717) is 30.3 Å². The molecule has 7 nitrogen and oxygen atoms in total. The Hall–Kier alpha value is -1.92. The van der Waals surface area contributed by atoms with Crippen LogP contribution in [0.5, 0.6) is 0 Å². The van der Waals surface area contributed by atoms with E-state index in [4.69, 9.17) is 0 Å². The lowest BCUT2D eigenvalue weighted by Gasteiger charge is -2.28. The molecule has 0 saturated heterocycles. The molecular formula is C17H26N4O3. The third-order valence-electron chi connectivity index (χ3n) is 5.90. The highest BCUT2D eigenvalue weighted by atomic mass is 16.6. The molecule has 2 aliphatic rings. The summed E-state index contributed by atoms with van der Waals surface area (Å²) in [4.78, 5) is 22.9. The second-order valence-electron chi connectivity index (χ2n) is 7.44. The molecule has 24 heavy (non-hydrogen) atoms. The summed E-state index contributed by atoms with van der Waals surface area (Å²) in [5.41, 5.74) is 0.950. The number of aromatic nitrogens is 2. The van der Waals surface area contributed by atoms with Crippen LogP contribution in [0.25, 0.3) is 0 Å². The molecule has 3 rings (SSSR count). The molecule has 4 atom stereocenters. The van der Waals surface area contributed by atoms with E-state index in [1.165, 1.54) is 25.7 Å². The average molecular weight is 334 g/mol. The van der Waals surface area contributed by atoms with Crippen molar-refractivity contribution in [2.45, 2.75) is 65.5 Å². The largest absolute Gasteiger partial charge is 0.353 e. The van der Waals surface area contributed by atoms with Crippen LogP contribution in [0.3, 0.4) is 0 Å². The minimum Gasteiger partial charge on any atom is -0.353 e. The van der Waals surface area contributed by atoms with Crippen LogP contribution in [-0.2, 0) is 11.3 Å². The normalized spacial score (nSPS) is 26.5. The average Bonchev–Trinajstić information content (AvgIpc) is 3.19. The van der Waals surface area contributed by atoms with Crippen LogP contribution >= 0.6 is 0 Å². The molecule has 7 heteroatoms. The van der Waals surface area contributed by atoms with Gasteiger partial charge in [0.25, 0.3) is 0 Å². The maximum atomic E-state index is 12.2. The highest BCUT2D eigenvalue weighted by Gasteiger charge is 2.42. The fourth-order valence-electron chi connectivity index (χ4n) is 4.72. The zero-order valence-corrected chi connectivity index (χ0v) is 14.6. The molecule has 1 amide bonds. The maximum Gasteiger partial charge on any atom is 0.312 e. The number of hydrogen-bond donors (Lipinski definition) is 1. The Morgan fingerprint density at radius 1 is 1.42 bits per heavy atom. The first-order chi connectivity index (χ1) is 11.4. The zero-order chi connectivity index (χ0) is 17.4. The van der Waals surface area contributed by atoms with Gasteiger partial charge in [0.05, 0.1) is 11.5 Å². The summed E-state index contributed by atoms with van der Waals surface area (Å²) in [5.74, 6) is 2.27. The molecule has 132 valence electrons. The predicted octanol–water partition coefficient (Wildman–Crippen LogP) is 2.74. The summed E-state index contributed by atoms with van der Waals surface area (Å²) in [6.45, 7) is 5.78. The Labute approximate surface area is 142 Å². The minimum atomic E-state index is -0.411. The van der Waals surface area contributed by atoms with E-state index in [-0.39, 0.29) is 17.6 Å². The Balaban J connectivity index is 1.53. The molecule has 2 fully saturated rings. The first-order valence-corrected chi connectivity index (χ1v) is 8.84. The van der Waals surface area contributed by atoms with Crippen LogP contribution < -0.4 is 5.32 Å². The van der Waals surface area contributed by atoms with Crippen molar-refractivity contribution in [3.63, 3.8) is 0 Å². The minimum absolute atomic E-state index is 0.000444. The molecule has 0 radical (unpaired) electrons. The van der Waals surface area contributed by atoms with Crippen molar-refractivity contribution < 1.29 is 9.72 Å². The lowest BCUT2D eigenvalue weighted by atomic mass is 9.84. The van der Waals surface area contributed by atoms with E-state index in [0.717, 1.165) is 11.8 Å². The van der Waals surface area contributed by atoms with Crippen LogP contribution in [0.1, 0.15) is 50.4 Å². The van der Waals surface area contributed by atoms with Gasteiger partial charge in [-0.25, -0.2) is 0 Å². The molecule has 1 N–H and O–H groups in total. The van der Waals surface area contributed by atoms with E-state index >= 15 is 0 Å². The number of nitro groups is 1. The monoisotopic (exact) mass is 334 g/mol. The predicted molar refractivity (Wildman–Crippen MR) is 89.5 cm³/mol. The zero-order valence-electron chi connectivity index (χ0n) is 14.6. The summed E-state index contributed by atoms with van der Waals surface area (Å²) in [5, 5.41) is 18.3. The Morgan fingerprint density at radius 2 is 2.17 bits per heavy atom. The van der Waals surface area contributed by atoms with Gasteiger partial charge < -0.3 is 5.32 Å². The standard InChI is InChI=1S/C17H26N4O3/c1-10(15-9-13-4-5-14(15)8-13)18-16(22)6-7-20-12(3)17(21(23)24)11(2)19-20/h10,13-15H,4-9H2,1-3H3,(H,18,22)/t10-,13-,14-,15-/m1/s1. The van der Waals surface area contributed by atoms with E-state index in [1.807, 2.05) is 0 Å². The van der Waals surface area contributed by atoms with Crippen molar-refractivity contribution in [2.24, 2.45) is 17.8 Å². The molecule has 1 aromatic rings. The smallest absolute Gasteiger partial charge is 0.312 e. The molecular weight excluding hydrogens is 308 g/mol. The molecule has 1 aromatic heterocycles. The van der Waals surface area contributed by atoms with Gasteiger partial charge in [-0.15, -0.1) is 0 Å². The summed E-state index contributed by atoms with van der Waals surface area (Å²) in [7, 11) is 0. The van der Waals surface area contributed by atoms with Gasteiger partial charge in [-0.05, 0) is 57.8 Å². The van der Waals surface area contributed by atoms with Crippen LogP contribution in [0.2, 0.25) is 0 Å². The fourth-order valence-corrected chi connectivity index (χ4v) is 4.72. The van der Waals surface area contributed by atoms with Gasteiger partial charge in [-0.3, -0.25) is 19.6 Å². The second-order valence-corrected chi connectivity index (χ2v) is 7.44. The number of hydrogen-bond acceptors (Lipinski definition) is 4. The number of fused-ring (bicyclic) bond motifs is 2. The molecule has 0 unspecified atom stereocenters. The van der Waals surface area contributed by atoms with Crippen LogP contribution in [0, 0.1) is 41.7 Å². The summed E-state index contributed by atoms with van der Waals surface area (Å²) in [6, 6.07) is 0.211. The number of aryl methyl sites for hydroxylation is 2. The van der Waals surface area contributed by atoms with Gasteiger partial charge in [0.15, 0.2) is 0 Å². The van der Waals surface area contributed by atoms with Crippen molar-refractivity contribution in [3.05, 3.63) is 21.5 Å². The highest BCUT2D eigenvalue weighted by molar-refractivity contribution is 5.76. The lowest BCUT2D eigenvalue weighted by Crippen LogP contribution is -2.40. The number of nitrogens with zero attached hydrogens (tertiary/aromatic N) is 3. The van der Waals surface area contributed by atoms with Gasteiger partial charge in [0.2, 0.25) is 5.91 Å². The molecule has 0 spiro atoms. The molecule has 0 aromatic carbocycles. The van der Waals surface area contributed by atoms with E-state index in [9.17, 15) is 14.9 Å². The van der Waals surface area contributed by atoms with Crippen molar-refractivity contribution in [1.29, 1.82) is 0 Å². The molecule has 0 aliphatic heterocycles. The van der Waals surface area contributed by atoms with Gasteiger partial charge in [0, 0.05) is 12.5 Å². The van der Waals surface area contributed by atoms with Crippen LogP contribution in [0.15, 0.2) is 0 Å². The van der Waals surface area contributed by atoms with Crippen molar-refractivity contribution >= 4 is 11.6 Å². The topological polar surface area (TPSA) is 90.1 Å². The number of carbonyl (C=O) groups excluding carboxylic acids is 1. The van der Waals surface area contributed by atoms with Crippen LogP contribution in [-0.4, -0.2) is 26.7 Å². The maximum absolute atomic E-state index is 12.2. The summed E-state index contributed by atoms with van der Waals surface area (Å²) in [6.07, 6.45) is 5.55. The molecule has 2 bridgehead atoms. The van der Waals surface area contributed by atoms with Gasteiger partial charge in [-0.2, -0.15) is 5.10 Å². The first kappa shape index (κ1) is 16.9. The van der Waals surface area contributed by atoms with Crippen molar-refractivity contribution in [1.82, 2.24) is 15.1 Å².